The molecule has 4 rings (SSSR count). The Labute approximate surface area is 253 Å². The zero-order chi connectivity index (χ0) is 31.4. The summed E-state index contributed by atoms with van der Waals surface area (Å²) in [6, 6.07) is 0. The van der Waals surface area contributed by atoms with Crippen molar-refractivity contribution in [1.29, 1.82) is 0 Å². The van der Waals surface area contributed by atoms with Crippen molar-refractivity contribution in [1.82, 2.24) is 0 Å². The molecule has 43 heavy (non-hydrogen) atoms. The minimum atomic E-state index is -1.76. The van der Waals surface area contributed by atoms with Gasteiger partial charge in [0.25, 0.3) is 0 Å². The molecule has 11 atom stereocenters. The first kappa shape index (κ1) is 35.8. The van der Waals surface area contributed by atoms with Crippen LogP contribution in [0.2, 0.25) is 0 Å². The number of allylic oxidation sites excluding steroid dienone is 2. The van der Waals surface area contributed by atoms with E-state index in [0.717, 1.165) is 51.4 Å². The van der Waals surface area contributed by atoms with Crippen molar-refractivity contribution >= 4 is 11.9 Å². The summed E-state index contributed by atoms with van der Waals surface area (Å²) in [5.41, 5.74) is 0. The average Bonchev–Trinajstić information content (AvgIpc) is 2.97. The number of rotatable bonds is 3. The Bertz CT molecular complexity index is 869. The van der Waals surface area contributed by atoms with Crippen LogP contribution in [0.1, 0.15) is 84.5 Å². The normalized spacial score (nSPS) is 39.7. The highest BCUT2D eigenvalue weighted by atomic mass is 16.8. The van der Waals surface area contributed by atoms with Crippen molar-refractivity contribution in [3.05, 3.63) is 12.2 Å². The zero-order valence-corrected chi connectivity index (χ0v) is 25.2. The van der Waals surface area contributed by atoms with Crippen LogP contribution in [0.25, 0.3) is 0 Å². The lowest BCUT2D eigenvalue weighted by Gasteiger charge is -2.46. The summed E-state index contributed by atoms with van der Waals surface area (Å²) in [5, 5.41) is 53.1. The van der Waals surface area contributed by atoms with Crippen LogP contribution >= 0.6 is 0 Å². The third-order valence-electron chi connectivity index (χ3n) is 7.99. The summed E-state index contributed by atoms with van der Waals surface area (Å²) in [6.45, 7) is 2.00. The Kier molecular flexibility index (Phi) is 15.3. The summed E-state index contributed by atoms with van der Waals surface area (Å²) in [4.78, 5) is 24.2. The van der Waals surface area contributed by atoms with Gasteiger partial charge in [-0.3, -0.25) is 9.59 Å². The fraction of sp³-hybridized carbons (Fsp3) is 0.867. The van der Waals surface area contributed by atoms with Gasteiger partial charge in [-0.1, -0.05) is 37.8 Å². The first-order valence-electron chi connectivity index (χ1n) is 15.5. The molecule has 2 fully saturated rings. The van der Waals surface area contributed by atoms with E-state index < -0.39 is 86.6 Å². The number of fused-ring (bicyclic) bond motifs is 17. The van der Waals surface area contributed by atoms with Gasteiger partial charge < -0.3 is 54.0 Å². The zero-order valence-electron chi connectivity index (χ0n) is 25.2. The van der Waals surface area contributed by atoms with Gasteiger partial charge in [0.15, 0.2) is 18.7 Å². The standard InChI is InChI=1S/C30H50O13/c1-18-14-12-10-8-6-4-3-5-7-9-11-13-15-22(33)42-27-21(17-38-19(2)32)41-29(26(37)25(27)36)43-28-24(35)23(34)20(16-31)40-30(28)39-18/h4,6,18,20-21,23-31,34-37H,3,5,7-17H2,1-2H3. The number of carbonyl (C=O) groups is 2. The molecule has 0 aromatic carbocycles. The van der Waals surface area contributed by atoms with Crippen molar-refractivity contribution in [2.45, 2.75) is 152 Å². The number of aliphatic hydroxyl groups excluding tert-OH is 5. The van der Waals surface area contributed by atoms with Crippen LogP contribution < -0.4 is 0 Å². The molecular formula is C30H50O13. The SMILES string of the molecule is CC(=O)OCC1OC2OC3C(OC(C)CCCCC=CCCCCCCCC(=O)OC1C(O)C2O)OC(CO)C(O)C3O. The minimum absolute atomic E-state index is 0.103. The van der Waals surface area contributed by atoms with Crippen molar-refractivity contribution in [2.24, 2.45) is 0 Å². The maximum absolute atomic E-state index is 12.6. The van der Waals surface area contributed by atoms with Gasteiger partial charge in [0, 0.05) is 13.3 Å². The lowest BCUT2D eigenvalue weighted by molar-refractivity contribution is -0.371. The molecule has 4 aliphatic rings. The van der Waals surface area contributed by atoms with Gasteiger partial charge in [0.05, 0.1) is 12.7 Å². The molecule has 0 saturated carbocycles. The number of aliphatic hydroxyl groups is 5. The lowest BCUT2D eigenvalue weighted by atomic mass is 9.97. The molecule has 11 unspecified atom stereocenters. The predicted octanol–water partition coefficient (Wildman–Crippen LogP) is 0.998. The first-order valence-corrected chi connectivity index (χ1v) is 15.5. The molecule has 2 bridgehead atoms. The topological polar surface area (TPSA) is 191 Å². The summed E-state index contributed by atoms with van der Waals surface area (Å²) in [5.74, 6) is -1.24. The highest BCUT2D eigenvalue weighted by Crippen LogP contribution is 2.32. The molecule has 2 saturated heterocycles. The Morgan fingerprint density at radius 2 is 1.42 bits per heavy atom. The largest absolute Gasteiger partial charge is 0.463 e. The molecule has 0 aliphatic carbocycles. The molecule has 13 nitrogen and oxygen atoms in total. The number of ether oxygens (including phenoxy) is 6. The van der Waals surface area contributed by atoms with Crippen LogP contribution in [0.4, 0.5) is 0 Å². The van der Waals surface area contributed by atoms with Crippen molar-refractivity contribution in [3.8, 4) is 0 Å². The minimum Gasteiger partial charge on any atom is -0.463 e. The van der Waals surface area contributed by atoms with Crippen LogP contribution in [-0.4, -0.2) is 118 Å². The maximum atomic E-state index is 12.6. The molecule has 0 aromatic heterocycles. The molecule has 4 aliphatic heterocycles. The molecule has 0 spiro atoms. The van der Waals surface area contributed by atoms with Gasteiger partial charge in [-0.2, -0.15) is 0 Å². The van der Waals surface area contributed by atoms with E-state index in [1.807, 2.05) is 6.92 Å². The lowest BCUT2D eigenvalue weighted by Crippen LogP contribution is -2.65. The number of esters is 2. The number of hydrogen-bond donors (Lipinski definition) is 5. The molecule has 5 N–H and O–H groups in total. The van der Waals surface area contributed by atoms with Crippen LogP contribution in [0.5, 0.6) is 0 Å². The van der Waals surface area contributed by atoms with E-state index >= 15 is 0 Å². The van der Waals surface area contributed by atoms with E-state index in [0.29, 0.717) is 12.8 Å². The highest BCUT2D eigenvalue weighted by molar-refractivity contribution is 5.69. The summed E-state index contributed by atoms with van der Waals surface area (Å²) in [6.07, 6.45) is -1.61. The van der Waals surface area contributed by atoms with Gasteiger partial charge >= 0.3 is 11.9 Å². The highest BCUT2D eigenvalue weighted by Gasteiger charge is 2.52. The Hall–Kier alpha value is -1.68. The third kappa shape index (κ3) is 11.0. The van der Waals surface area contributed by atoms with E-state index in [9.17, 15) is 35.1 Å². The quantitative estimate of drug-likeness (QED) is 0.223. The van der Waals surface area contributed by atoms with Crippen molar-refractivity contribution < 1.29 is 63.5 Å². The maximum Gasteiger partial charge on any atom is 0.306 e. The van der Waals surface area contributed by atoms with Crippen LogP contribution in [0.3, 0.4) is 0 Å². The first-order chi connectivity index (χ1) is 20.6. The second-order valence-corrected chi connectivity index (χ2v) is 11.6. The molecule has 248 valence electrons. The average molecular weight is 619 g/mol. The van der Waals surface area contributed by atoms with Gasteiger partial charge in [0.1, 0.15) is 49.3 Å². The second-order valence-electron chi connectivity index (χ2n) is 11.6. The fourth-order valence-corrected chi connectivity index (χ4v) is 5.46. The summed E-state index contributed by atoms with van der Waals surface area (Å²) in [7, 11) is 0. The van der Waals surface area contributed by atoms with Gasteiger partial charge in [0.2, 0.25) is 0 Å². The molecule has 13 heteroatoms. The van der Waals surface area contributed by atoms with Crippen LogP contribution in [-0.2, 0) is 38.0 Å². The predicted molar refractivity (Wildman–Crippen MR) is 150 cm³/mol. The van der Waals surface area contributed by atoms with Gasteiger partial charge in [-0.05, 0) is 45.4 Å². The van der Waals surface area contributed by atoms with Crippen LogP contribution in [0, 0.1) is 0 Å². The smallest absolute Gasteiger partial charge is 0.306 e. The molecule has 0 amide bonds. The fourth-order valence-electron chi connectivity index (χ4n) is 5.46. The van der Waals surface area contributed by atoms with E-state index in [2.05, 4.69) is 12.2 Å². The Morgan fingerprint density at radius 3 is 2.12 bits per heavy atom. The Morgan fingerprint density at radius 1 is 0.791 bits per heavy atom. The van der Waals surface area contributed by atoms with E-state index in [-0.39, 0.29) is 12.5 Å². The molecule has 4 heterocycles. The molecule has 0 aromatic rings. The van der Waals surface area contributed by atoms with E-state index in [1.165, 1.54) is 6.92 Å². The van der Waals surface area contributed by atoms with E-state index in [1.54, 1.807) is 0 Å². The number of hydrogen-bond acceptors (Lipinski definition) is 13. The van der Waals surface area contributed by atoms with Crippen molar-refractivity contribution in [3.63, 3.8) is 0 Å². The third-order valence-corrected chi connectivity index (χ3v) is 7.99. The van der Waals surface area contributed by atoms with Gasteiger partial charge in [-0.15, -0.1) is 0 Å². The van der Waals surface area contributed by atoms with E-state index in [4.69, 9.17) is 28.4 Å². The molecule has 0 radical (unpaired) electrons. The number of carbonyl (C=O) groups excluding carboxylic acids is 2. The van der Waals surface area contributed by atoms with Crippen molar-refractivity contribution in [2.75, 3.05) is 13.2 Å². The van der Waals surface area contributed by atoms with Crippen LogP contribution in [0.15, 0.2) is 12.2 Å². The Balaban J connectivity index is 1.81. The van der Waals surface area contributed by atoms with Gasteiger partial charge in [-0.25, -0.2) is 0 Å². The monoisotopic (exact) mass is 618 g/mol. The summed E-state index contributed by atoms with van der Waals surface area (Å²) < 4.78 is 34.1. The summed E-state index contributed by atoms with van der Waals surface area (Å²) >= 11 is 0. The second kappa shape index (κ2) is 18.3. The molecular weight excluding hydrogens is 568 g/mol.